The van der Waals surface area contributed by atoms with E-state index >= 15 is 0 Å². The molecule has 2 aliphatic carbocycles. The lowest BCUT2D eigenvalue weighted by Crippen LogP contribution is -2.51. The Morgan fingerprint density at radius 1 is 0.963 bits per heavy atom. The second-order valence-corrected chi connectivity index (χ2v) is 8.44. The van der Waals surface area contributed by atoms with Crippen LogP contribution in [0.1, 0.15) is 57.8 Å². The van der Waals surface area contributed by atoms with Crippen LogP contribution in [-0.2, 0) is 9.53 Å². The summed E-state index contributed by atoms with van der Waals surface area (Å²) in [6.45, 7) is 1.80. The largest absolute Gasteiger partial charge is 0.381 e. The standard InChI is InChI=1S/C20H36N4O2.HI/c1-24(2)19(25)14-21-20(22-17-9-11-26-12-10-17)23-18-8-7-15-5-3-4-6-16(15)13-18;/h15-18H,3-14H2,1-2H3,(H2,21,22,23);1H. The van der Waals surface area contributed by atoms with Crippen LogP contribution in [0.3, 0.4) is 0 Å². The van der Waals surface area contributed by atoms with Gasteiger partial charge in [0.05, 0.1) is 0 Å². The summed E-state index contributed by atoms with van der Waals surface area (Å²) in [5.74, 6) is 2.67. The molecule has 3 unspecified atom stereocenters. The van der Waals surface area contributed by atoms with E-state index < -0.39 is 0 Å². The van der Waals surface area contributed by atoms with Crippen molar-refractivity contribution in [2.45, 2.75) is 69.9 Å². The zero-order valence-corrected chi connectivity index (χ0v) is 19.2. The van der Waals surface area contributed by atoms with Crippen LogP contribution in [0, 0.1) is 11.8 Å². The van der Waals surface area contributed by atoms with Gasteiger partial charge in [0.2, 0.25) is 5.91 Å². The highest BCUT2D eigenvalue weighted by Crippen LogP contribution is 2.40. The number of ether oxygens (including phenoxy) is 1. The van der Waals surface area contributed by atoms with Gasteiger partial charge in [0.15, 0.2) is 5.96 Å². The molecule has 0 aromatic rings. The lowest BCUT2D eigenvalue weighted by atomic mass is 9.69. The number of halogens is 1. The fourth-order valence-electron chi connectivity index (χ4n) is 4.65. The molecule has 1 amide bonds. The third kappa shape index (κ3) is 7.07. The first-order chi connectivity index (χ1) is 12.6. The van der Waals surface area contributed by atoms with Crippen LogP contribution in [0.25, 0.3) is 0 Å². The third-order valence-electron chi connectivity index (χ3n) is 6.31. The van der Waals surface area contributed by atoms with Gasteiger partial charge in [-0.15, -0.1) is 24.0 Å². The average Bonchev–Trinajstić information content (AvgIpc) is 2.66. The van der Waals surface area contributed by atoms with Crippen molar-refractivity contribution in [3.05, 3.63) is 0 Å². The number of guanidine groups is 1. The van der Waals surface area contributed by atoms with E-state index in [9.17, 15) is 4.79 Å². The second kappa shape index (κ2) is 11.4. The van der Waals surface area contributed by atoms with Crippen LogP contribution in [0.2, 0.25) is 0 Å². The summed E-state index contributed by atoms with van der Waals surface area (Å²) < 4.78 is 5.46. The Morgan fingerprint density at radius 2 is 1.63 bits per heavy atom. The van der Waals surface area contributed by atoms with E-state index in [1.165, 1.54) is 44.9 Å². The maximum atomic E-state index is 12.0. The molecule has 1 aliphatic heterocycles. The van der Waals surface area contributed by atoms with Gasteiger partial charge in [0, 0.05) is 39.4 Å². The Labute approximate surface area is 181 Å². The minimum Gasteiger partial charge on any atom is -0.381 e. The first kappa shape index (κ1) is 22.7. The molecular formula is C20H37IN4O2. The minimum absolute atomic E-state index is 0. The number of nitrogens with zero attached hydrogens (tertiary/aromatic N) is 2. The Morgan fingerprint density at radius 3 is 2.33 bits per heavy atom. The van der Waals surface area contributed by atoms with Crippen molar-refractivity contribution in [1.82, 2.24) is 15.5 Å². The molecule has 156 valence electrons. The molecule has 27 heavy (non-hydrogen) atoms. The number of carbonyl (C=O) groups is 1. The predicted octanol–water partition coefficient (Wildman–Crippen LogP) is 2.77. The average molecular weight is 492 g/mol. The normalized spacial score (nSPS) is 29.3. The van der Waals surface area contributed by atoms with Crippen molar-refractivity contribution in [3.63, 3.8) is 0 Å². The Hall–Kier alpha value is -0.570. The fraction of sp³-hybridized carbons (Fsp3) is 0.900. The molecule has 0 spiro atoms. The number of likely N-dealkylation sites (N-methyl/N-ethyl adjacent to an activating group) is 1. The number of carbonyl (C=O) groups excluding carboxylic acids is 1. The first-order valence-electron chi connectivity index (χ1n) is 10.5. The second-order valence-electron chi connectivity index (χ2n) is 8.44. The summed E-state index contributed by atoms with van der Waals surface area (Å²) in [6.07, 6.45) is 11.4. The number of nitrogens with one attached hydrogen (secondary N) is 2. The van der Waals surface area contributed by atoms with E-state index in [0.717, 1.165) is 43.9 Å². The molecule has 0 bridgehead atoms. The summed E-state index contributed by atoms with van der Waals surface area (Å²) in [5.41, 5.74) is 0. The van der Waals surface area contributed by atoms with Crippen molar-refractivity contribution >= 4 is 35.8 Å². The number of amides is 1. The van der Waals surface area contributed by atoms with Crippen LogP contribution >= 0.6 is 24.0 Å². The molecular weight excluding hydrogens is 455 g/mol. The van der Waals surface area contributed by atoms with E-state index in [0.29, 0.717) is 12.1 Å². The molecule has 3 atom stereocenters. The van der Waals surface area contributed by atoms with Gasteiger partial charge in [-0.05, 0) is 43.9 Å². The van der Waals surface area contributed by atoms with Gasteiger partial charge in [-0.2, -0.15) is 0 Å². The molecule has 6 nitrogen and oxygen atoms in total. The molecule has 3 fully saturated rings. The summed E-state index contributed by atoms with van der Waals surface area (Å²) in [7, 11) is 3.56. The van der Waals surface area contributed by atoms with E-state index in [-0.39, 0.29) is 36.4 Å². The number of aliphatic imine (C=N–C) groups is 1. The van der Waals surface area contributed by atoms with Gasteiger partial charge in [0.1, 0.15) is 6.54 Å². The van der Waals surface area contributed by atoms with Crippen molar-refractivity contribution in [2.75, 3.05) is 33.9 Å². The Balaban J connectivity index is 0.00000261. The lowest BCUT2D eigenvalue weighted by Gasteiger charge is -2.40. The van der Waals surface area contributed by atoms with Gasteiger partial charge < -0.3 is 20.3 Å². The highest BCUT2D eigenvalue weighted by Gasteiger charge is 2.32. The molecule has 0 aromatic heterocycles. The van der Waals surface area contributed by atoms with Crippen molar-refractivity contribution in [3.8, 4) is 0 Å². The van der Waals surface area contributed by atoms with Crippen molar-refractivity contribution in [1.29, 1.82) is 0 Å². The smallest absolute Gasteiger partial charge is 0.243 e. The quantitative estimate of drug-likeness (QED) is 0.360. The summed E-state index contributed by atoms with van der Waals surface area (Å²) >= 11 is 0. The maximum absolute atomic E-state index is 12.0. The number of hydrogen-bond donors (Lipinski definition) is 2. The summed E-state index contributed by atoms with van der Waals surface area (Å²) in [4.78, 5) is 18.2. The predicted molar refractivity (Wildman–Crippen MR) is 120 cm³/mol. The Bertz CT molecular complexity index is 494. The van der Waals surface area contributed by atoms with Gasteiger partial charge >= 0.3 is 0 Å². The topological polar surface area (TPSA) is 66.0 Å². The number of rotatable bonds is 4. The van der Waals surface area contributed by atoms with Crippen LogP contribution in [0.15, 0.2) is 4.99 Å². The number of hydrogen-bond acceptors (Lipinski definition) is 3. The van der Waals surface area contributed by atoms with Gasteiger partial charge in [-0.1, -0.05) is 25.7 Å². The SMILES string of the molecule is CN(C)C(=O)CN=C(NC1CCOCC1)NC1CCC2CCCCC2C1.I. The van der Waals surface area contributed by atoms with Gasteiger partial charge in [-0.25, -0.2) is 4.99 Å². The molecule has 0 aromatic carbocycles. The first-order valence-corrected chi connectivity index (χ1v) is 10.5. The van der Waals surface area contributed by atoms with Crippen LogP contribution in [0.4, 0.5) is 0 Å². The molecule has 1 saturated heterocycles. The Kier molecular flexibility index (Phi) is 9.62. The van der Waals surface area contributed by atoms with E-state index in [1.807, 2.05) is 0 Å². The summed E-state index contributed by atoms with van der Waals surface area (Å²) in [6, 6.07) is 0.866. The van der Waals surface area contributed by atoms with E-state index in [1.54, 1.807) is 19.0 Å². The highest BCUT2D eigenvalue weighted by molar-refractivity contribution is 14.0. The monoisotopic (exact) mass is 492 g/mol. The lowest BCUT2D eigenvalue weighted by molar-refractivity contribution is -0.127. The maximum Gasteiger partial charge on any atom is 0.243 e. The van der Waals surface area contributed by atoms with Crippen molar-refractivity contribution in [2.24, 2.45) is 16.8 Å². The molecule has 0 radical (unpaired) electrons. The van der Waals surface area contributed by atoms with E-state index in [2.05, 4.69) is 15.6 Å². The minimum atomic E-state index is 0. The highest BCUT2D eigenvalue weighted by atomic mass is 127. The zero-order valence-electron chi connectivity index (χ0n) is 16.9. The fourth-order valence-corrected chi connectivity index (χ4v) is 4.65. The molecule has 7 heteroatoms. The number of fused-ring (bicyclic) bond motifs is 1. The molecule has 2 saturated carbocycles. The van der Waals surface area contributed by atoms with Crippen LogP contribution in [-0.4, -0.2) is 62.7 Å². The van der Waals surface area contributed by atoms with Gasteiger partial charge in [0.25, 0.3) is 0 Å². The molecule has 1 heterocycles. The summed E-state index contributed by atoms with van der Waals surface area (Å²) in [5, 5.41) is 7.22. The van der Waals surface area contributed by atoms with E-state index in [4.69, 9.17) is 4.74 Å². The zero-order chi connectivity index (χ0) is 18.4. The van der Waals surface area contributed by atoms with Gasteiger partial charge in [-0.3, -0.25) is 4.79 Å². The molecule has 3 aliphatic rings. The molecule has 3 rings (SSSR count). The third-order valence-corrected chi connectivity index (χ3v) is 6.31. The van der Waals surface area contributed by atoms with Crippen LogP contribution in [0.5, 0.6) is 0 Å². The van der Waals surface area contributed by atoms with Crippen LogP contribution < -0.4 is 10.6 Å². The van der Waals surface area contributed by atoms with Crippen molar-refractivity contribution < 1.29 is 9.53 Å². The molecule has 2 N–H and O–H groups in total.